The Morgan fingerprint density at radius 3 is 2.92 bits per heavy atom. The van der Waals surface area contributed by atoms with Crippen molar-refractivity contribution in [1.29, 1.82) is 0 Å². The lowest BCUT2D eigenvalue weighted by atomic mass is 10.4. The van der Waals surface area contributed by atoms with Crippen molar-refractivity contribution in [2.75, 3.05) is 6.61 Å². The third-order valence-corrected chi connectivity index (χ3v) is 1.38. The van der Waals surface area contributed by atoms with Crippen molar-refractivity contribution in [2.45, 2.75) is 13.3 Å². The van der Waals surface area contributed by atoms with Gasteiger partial charge in [-0.15, -0.1) is 0 Å². The van der Waals surface area contributed by atoms with Crippen molar-refractivity contribution in [2.24, 2.45) is 0 Å². The molecule has 0 aromatic carbocycles. The van der Waals surface area contributed by atoms with E-state index in [9.17, 15) is 4.39 Å². The number of halogens is 2. The summed E-state index contributed by atoms with van der Waals surface area (Å²) < 4.78 is 17.7. The van der Waals surface area contributed by atoms with Crippen molar-refractivity contribution in [3.8, 4) is 5.88 Å². The Morgan fingerprint density at radius 1 is 1.58 bits per heavy atom. The third kappa shape index (κ3) is 2.66. The molecule has 0 atom stereocenters. The summed E-state index contributed by atoms with van der Waals surface area (Å²) in [6, 6.07) is 2.35. The van der Waals surface area contributed by atoms with Gasteiger partial charge in [0, 0.05) is 12.1 Å². The molecule has 0 aliphatic carbocycles. The summed E-state index contributed by atoms with van der Waals surface area (Å²) in [7, 11) is 0. The SMILES string of the molecule is CCCOc1cc(F)cc(Cl)n1. The van der Waals surface area contributed by atoms with E-state index in [1.165, 1.54) is 6.07 Å². The van der Waals surface area contributed by atoms with Gasteiger partial charge in [0.05, 0.1) is 6.61 Å². The van der Waals surface area contributed by atoms with Crippen molar-refractivity contribution >= 4 is 11.6 Å². The maximum atomic E-state index is 12.7. The van der Waals surface area contributed by atoms with Crippen molar-refractivity contribution < 1.29 is 9.13 Å². The van der Waals surface area contributed by atoms with Crippen LogP contribution in [0, 0.1) is 5.82 Å². The fourth-order valence-corrected chi connectivity index (χ4v) is 0.911. The summed E-state index contributed by atoms with van der Waals surface area (Å²) >= 11 is 5.50. The van der Waals surface area contributed by atoms with Gasteiger partial charge < -0.3 is 4.74 Å². The maximum Gasteiger partial charge on any atom is 0.217 e. The van der Waals surface area contributed by atoms with E-state index in [4.69, 9.17) is 16.3 Å². The average Bonchev–Trinajstić information content (AvgIpc) is 1.99. The van der Waals surface area contributed by atoms with E-state index in [0.29, 0.717) is 6.61 Å². The average molecular weight is 190 g/mol. The van der Waals surface area contributed by atoms with Gasteiger partial charge in [-0.2, -0.15) is 0 Å². The first-order valence-electron chi connectivity index (χ1n) is 3.68. The summed E-state index contributed by atoms with van der Waals surface area (Å²) in [6.45, 7) is 2.48. The lowest BCUT2D eigenvalue weighted by Crippen LogP contribution is -1.97. The second kappa shape index (κ2) is 4.26. The zero-order valence-electron chi connectivity index (χ0n) is 6.68. The Morgan fingerprint density at radius 2 is 2.33 bits per heavy atom. The number of nitrogens with zero attached hydrogens (tertiary/aromatic N) is 1. The Kier molecular flexibility index (Phi) is 3.29. The lowest BCUT2D eigenvalue weighted by Gasteiger charge is -2.02. The number of hydrogen-bond acceptors (Lipinski definition) is 2. The fourth-order valence-electron chi connectivity index (χ4n) is 0.724. The summed E-state index contributed by atoms with van der Waals surface area (Å²) in [6.07, 6.45) is 0.857. The van der Waals surface area contributed by atoms with Crippen molar-refractivity contribution in [3.05, 3.63) is 23.1 Å². The molecule has 1 aromatic rings. The van der Waals surface area contributed by atoms with E-state index in [-0.39, 0.29) is 11.0 Å². The van der Waals surface area contributed by atoms with Gasteiger partial charge in [-0.25, -0.2) is 9.37 Å². The van der Waals surface area contributed by atoms with E-state index in [1.807, 2.05) is 6.92 Å². The Balaban J connectivity index is 2.72. The molecule has 0 saturated carbocycles. The first-order chi connectivity index (χ1) is 5.72. The maximum absolute atomic E-state index is 12.7. The van der Waals surface area contributed by atoms with Gasteiger partial charge in [0.15, 0.2) is 0 Å². The molecule has 0 unspecified atom stereocenters. The predicted octanol–water partition coefficient (Wildman–Crippen LogP) is 2.66. The number of ether oxygens (including phenoxy) is 1. The van der Waals surface area contributed by atoms with E-state index in [0.717, 1.165) is 12.5 Å². The van der Waals surface area contributed by atoms with Crippen LogP contribution in [0.15, 0.2) is 12.1 Å². The van der Waals surface area contributed by atoms with E-state index < -0.39 is 5.82 Å². The molecule has 0 aliphatic rings. The predicted molar refractivity (Wildman–Crippen MR) is 45.0 cm³/mol. The molecule has 1 rings (SSSR count). The monoisotopic (exact) mass is 189 g/mol. The van der Waals surface area contributed by atoms with Crippen LogP contribution >= 0.6 is 11.6 Å². The minimum absolute atomic E-state index is 0.112. The van der Waals surface area contributed by atoms with E-state index in [1.54, 1.807) is 0 Å². The molecule has 0 spiro atoms. The van der Waals surface area contributed by atoms with Crippen LogP contribution in [-0.4, -0.2) is 11.6 Å². The second-order valence-electron chi connectivity index (χ2n) is 2.29. The van der Waals surface area contributed by atoms with Crippen molar-refractivity contribution in [3.63, 3.8) is 0 Å². The highest BCUT2D eigenvalue weighted by molar-refractivity contribution is 6.29. The highest BCUT2D eigenvalue weighted by Gasteiger charge is 2.00. The molecule has 4 heteroatoms. The van der Waals surface area contributed by atoms with Gasteiger partial charge in [0.2, 0.25) is 5.88 Å². The number of hydrogen-bond donors (Lipinski definition) is 0. The Bertz CT molecular complexity index is 247. The molecule has 0 fully saturated rings. The zero-order chi connectivity index (χ0) is 8.97. The molecule has 0 saturated heterocycles. The van der Waals surface area contributed by atoms with Crippen LogP contribution in [0.5, 0.6) is 5.88 Å². The quantitative estimate of drug-likeness (QED) is 0.682. The van der Waals surface area contributed by atoms with Gasteiger partial charge in [-0.1, -0.05) is 18.5 Å². The lowest BCUT2D eigenvalue weighted by molar-refractivity contribution is 0.303. The highest BCUT2D eigenvalue weighted by Crippen LogP contribution is 2.14. The first-order valence-corrected chi connectivity index (χ1v) is 4.06. The number of aromatic nitrogens is 1. The van der Waals surface area contributed by atoms with Gasteiger partial charge in [0.1, 0.15) is 11.0 Å². The molecule has 1 heterocycles. The van der Waals surface area contributed by atoms with Crippen molar-refractivity contribution in [1.82, 2.24) is 4.98 Å². The van der Waals surface area contributed by atoms with Crippen LogP contribution in [0.2, 0.25) is 5.15 Å². The summed E-state index contributed by atoms with van der Waals surface area (Å²) in [5.74, 6) is -0.192. The molecule has 1 aromatic heterocycles. The normalized spacial score (nSPS) is 9.92. The summed E-state index contributed by atoms with van der Waals surface area (Å²) in [5, 5.41) is 0.112. The van der Waals surface area contributed by atoms with Crippen LogP contribution in [0.1, 0.15) is 13.3 Å². The van der Waals surface area contributed by atoms with Crippen LogP contribution in [-0.2, 0) is 0 Å². The molecule has 12 heavy (non-hydrogen) atoms. The topological polar surface area (TPSA) is 22.1 Å². The molecular weight excluding hydrogens is 181 g/mol. The third-order valence-electron chi connectivity index (χ3n) is 1.19. The molecular formula is C8H9ClFNO. The molecule has 2 nitrogen and oxygen atoms in total. The fraction of sp³-hybridized carbons (Fsp3) is 0.375. The van der Waals surface area contributed by atoms with Crippen LogP contribution < -0.4 is 4.74 Å². The molecule has 0 bridgehead atoms. The van der Waals surface area contributed by atoms with Crippen LogP contribution in [0.4, 0.5) is 4.39 Å². The minimum Gasteiger partial charge on any atom is -0.478 e. The van der Waals surface area contributed by atoms with E-state index in [2.05, 4.69) is 4.98 Å². The smallest absolute Gasteiger partial charge is 0.217 e. The van der Waals surface area contributed by atoms with Gasteiger partial charge in [-0.05, 0) is 6.42 Å². The Hall–Kier alpha value is -0.830. The van der Waals surface area contributed by atoms with E-state index >= 15 is 0 Å². The van der Waals surface area contributed by atoms with Crippen LogP contribution in [0.3, 0.4) is 0 Å². The van der Waals surface area contributed by atoms with Gasteiger partial charge >= 0.3 is 0 Å². The largest absolute Gasteiger partial charge is 0.478 e. The van der Waals surface area contributed by atoms with Crippen LogP contribution in [0.25, 0.3) is 0 Å². The highest BCUT2D eigenvalue weighted by atomic mass is 35.5. The van der Waals surface area contributed by atoms with Gasteiger partial charge in [-0.3, -0.25) is 0 Å². The number of rotatable bonds is 3. The molecule has 66 valence electrons. The minimum atomic E-state index is -0.430. The summed E-state index contributed by atoms with van der Waals surface area (Å²) in [5.41, 5.74) is 0. The first kappa shape index (κ1) is 9.26. The molecule has 0 radical (unpaired) electrons. The Labute approximate surface area is 75.3 Å². The van der Waals surface area contributed by atoms with Gasteiger partial charge in [0.25, 0.3) is 0 Å². The standard InChI is InChI=1S/C8H9ClFNO/c1-2-3-12-8-5-6(10)4-7(9)11-8/h4-5H,2-3H2,1H3. The second-order valence-corrected chi connectivity index (χ2v) is 2.68. The molecule has 0 N–H and O–H groups in total. The molecule has 0 amide bonds. The molecule has 0 aliphatic heterocycles. The summed E-state index contributed by atoms with van der Waals surface area (Å²) in [4.78, 5) is 3.77. The zero-order valence-corrected chi connectivity index (χ0v) is 7.44. The number of pyridine rings is 1.